The van der Waals surface area contributed by atoms with Crippen LogP contribution in [0.25, 0.3) is 0 Å². The fourth-order valence-corrected chi connectivity index (χ4v) is 4.42. The Hall–Kier alpha value is -2.77. The van der Waals surface area contributed by atoms with E-state index in [1.807, 2.05) is 35.0 Å². The largest absolute Gasteiger partial charge is 0.484 e. The second-order valence-electron chi connectivity index (χ2n) is 5.97. The van der Waals surface area contributed by atoms with E-state index in [0.717, 1.165) is 21.8 Å². The van der Waals surface area contributed by atoms with Crippen molar-refractivity contribution in [2.45, 2.75) is 12.5 Å². The van der Waals surface area contributed by atoms with Crippen LogP contribution in [0.1, 0.15) is 32.6 Å². The predicted octanol–water partition coefficient (Wildman–Crippen LogP) is 4.38. The Morgan fingerprint density at radius 2 is 1.93 bits per heavy atom. The van der Waals surface area contributed by atoms with Crippen LogP contribution in [-0.2, 0) is 4.79 Å². The van der Waals surface area contributed by atoms with Gasteiger partial charge in [-0.1, -0.05) is 12.1 Å². The molecule has 5 nitrogen and oxygen atoms in total. The van der Waals surface area contributed by atoms with Crippen LogP contribution < -0.4 is 4.74 Å². The van der Waals surface area contributed by atoms with Crippen LogP contribution in [0.15, 0.2) is 64.4 Å². The molecule has 7 heteroatoms. The van der Waals surface area contributed by atoms with Crippen LogP contribution in [0.4, 0.5) is 0 Å². The molecular formula is C20H16N2O3S2. The summed E-state index contributed by atoms with van der Waals surface area (Å²) in [6.07, 6.45) is 1.46. The Balaban J connectivity index is 1.50. The van der Waals surface area contributed by atoms with Gasteiger partial charge in [0.25, 0.3) is 5.91 Å². The average Bonchev–Trinajstić information content (AvgIpc) is 3.46. The molecule has 1 aromatic carbocycles. The van der Waals surface area contributed by atoms with Gasteiger partial charge in [-0.25, -0.2) is 5.01 Å². The summed E-state index contributed by atoms with van der Waals surface area (Å²) in [6.45, 7) is -0.108. The van der Waals surface area contributed by atoms with E-state index in [4.69, 9.17) is 4.74 Å². The van der Waals surface area contributed by atoms with Crippen LogP contribution in [0.3, 0.4) is 0 Å². The molecule has 1 aliphatic heterocycles. The molecule has 0 bridgehead atoms. The lowest BCUT2D eigenvalue weighted by atomic mass is 10.1. The molecule has 0 aliphatic carbocycles. The van der Waals surface area contributed by atoms with E-state index in [-0.39, 0.29) is 18.6 Å². The minimum Gasteiger partial charge on any atom is -0.484 e. The molecule has 27 heavy (non-hydrogen) atoms. The zero-order chi connectivity index (χ0) is 18.6. The number of hydrogen-bond donors (Lipinski definition) is 0. The normalized spacial score (nSPS) is 16.2. The molecule has 1 amide bonds. The van der Waals surface area contributed by atoms with Crippen molar-refractivity contribution in [3.63, 3.8) is 0 Å². The summed E-state index contributed by atoms with van der Waals surface area (Å²) in [5.41, 5.74) is 1.49. The van der Waals surface area contributed by atoms with E-state index in [9.17, 15) is 9.59 Å². The van der Waals surface area contributed by atoms with E-state index >= 15 is 0 Å². The summed E-state index contributed by atoms with van der Waals surface area (Å²) in [6, 6.07) is 14.6. The molecule has 1 unspecified atom stereocenters. The van der Waals surface area contributed by atoms with Crippen LogP contribution in [-0.4, -0.2) is 29.5 Å². The number of rotatable bonds is 6. The molecule has 3 heterocycles. The van der Waals surface area contributed by atoms with Crippen molar-refractivity contribution in [3.8, 4) is 5.75 Å². The summed E-state index contributed by atoms with van der Waals surface area (Å²) in [5.74, 6) is 0.350. The molecule has 0 saturated carbocycles. The maximum atomic E-state index is 12.8. The summed E-state index contributed by atoms with van der Waals surface area (Å²) < 4.78 is 5.60. The van der Waals surface area contributed by atoms with Gasteiger partial charge in [-0.2, -0.15) is 5.10 Å². The molecular weight excluding hydrogens is 380 g/mol. The number of hydrazone groups is 1. The van der Waals surface area contributed by atoms with Crippen LogP contribution in [0, 0.1) is 0 Å². The van der Waals surface area contributed by atoms with Crippen molar-refractivity contribution in [1.29, 1.82) is 0 Å². The lowest BCUT2D eigenvalue weighted by molar-refractivity contribution is -0.135. The molecule has 1 aliphatic rings. The Kier molecular flexibility index (Phi) is 5.13. The molecule has 3 aromatic rings. The molecule has 136 valence electrons. The molecule has 4 rings (SSSR count). The Morgan fingerprint density at radius 3 is 2.59 bits per heavy atom. The first-order chi connectivity index (χ1) is 13.2. The third kappa shape index (κ3) is 3.84. The van der Waals surface area contributed by atoms with Gasteiger partial charge >= 0.3 is 0 Å². The maximum Gasteiger partial charge on any atom is 0.281 e. The molecule has 0 radical (unpaired) electrons. The standard InChI is InChI=1S/C20H16N2O3S2/c23-12-14-5-7-15(8-6-14)25-13-20(24)22-17(19-4-2-10-27-19)11-16(21-22)18-3-1-9-26-18/h1-10,12,17H,11,13H2. The molecule has 0 fully saturated rings. The first kappa shape index (κ1) is 17.6. The Labute approximate surface area is 164 Å². The van der Waals surface area contributed by atoms with Gasteiger partial charge in [0.1, 0.15) is 12.0 Å². The minimum absolute atomic E-state index is 0.101. The first-order valence-electron chi connectivity index (χ1n) is 8.39. The number of thiophene rings is 2. The van der Waals surface area contributed by atoms with Crippen molar-refractivity contribution in [2.24, 2.45) is 5.10 Å². The fraction of sp³-hybridized carbons (Fsp3) is 0.150. The first-order valence-corrected chi connectivity index (χ1v) is 10.2. The minimum atomic E-state index is -0.195. The SMILES string of the molecule is O=Cc1ccc(OCC(=O)N2N=C(c3cccs3)CC2c2cccs2)cc1. The number of amides is 1. The highest BCUT2D eigenvalue weighted by atomic mass is 32.1. The summed E-state index contributed by atoms with van der Waals surface area (Å²) in [4.78, 5) is 25.7. The highest BCUT2D eigenvalue weighted by Crippen LogP contribution is 2.35. The van der Waals surface area contributed by atoms with Gasteiger partial charge in [-0.05, 0) is 47.2 Å². The summed E-state index contributed by atoms with van der Waals surface area (Å²) in [7, 11) is 0. The van der Waals surface area contributed by atoms with Crippen molar-refractivity contribution in [2.75, 3.05) is 6.61 Å². The highest BCUT2D eigenvalue weighted by Gasteiger charge is 2.34. The molecule has 0 N–H and O–H groups in total. The lowest BCUT2D eigenvalue weighted by Crippen LogP contribution is -2.31. The van der Waals surface area contributed by atoms with Crippen molar-refractivity contribution < 1.29 is 14.3 Å². The monoisotopic (exact) mass is 396 g/mol. The van der Waals surface area contributed by atoms with E-state index in [2.05, 4.69) is 5.10 Å². The Morgan fingerprint density at radius 1 is 1.15 bits per heavy atom. The van der Waals surface area contributed by atoms with Crippen molar-refractivity contribution >= 4 is 40.6 Å². The Bertz CT molecular complexity index is 948. The predicted molar refractivity (Wildman–Crippen MR) is 107 cm³/mol. The third-order valence-corrected chi connectivity index (χ3v) is 6.11. The van der Waals surface area contributed by atoms with E-state index < -0.39 is 0 Å². The number of hydrogen-bond acceptors (Lipinski definition) is 6. The van der Waals surface area contributed by atoms with E-state index in [1.165, 1.54) is 0 Å². The van der Waals surface area contributed by atoms with Crippen molar-refractivity contribution in [3.05, 3.63) is 74.6 Å². The fourth-order valence-electron chi connectivity index (χ4n) is 2.89. The zero-order valence-electron chi connectivity index (χ0n) is 14.3. The molecule has 0 spiro atoms. The van der Waals surface area contributed by atoms with Crippen LogP contribution in [0.5, 0.6) is 5.75 Å². The second kappa shape index (κ2) is 7.85. The topological polar surface area (TPSA) is 59.0 Å². The lowest BCUT2D eigenvalue weighted by Gasteiger charge is -2.20. The van der Waals surface area contributed by atoms with Gasteiger partial charge in [0.15, 0.2) is 6.61 Å². The number of ether oxygens (including phenoxy) is 1. The van der Waals surface area contributed by atoms with E-state index in [1.54, 1.807) is 51.9 Å². The molecule has 2 aromatic heterocycles. The number of nitrogens with zero attached hydrogens (tertiary/aromatic N) is 2. The zero-order valence-corrected chi connectivity index (χ0v) is 15.9. The second-order valence-corrected chi connectivity index (χ2v) is 7.90. The van der Waals surface area contributed by atoms with Crippen LogP contribution in [0.2, 0.25) is 0 Å². The molecule has 1 atom stereocenters. The number of benzene rings is 1. The van der Waals surface area contributed by atoms with Crippen molar-refractivity contribution in [1.82, 2.24) is 5.01 Å². The van der Waals surface area contributed by atoms with Gasteiger partial charge < -0.3 is 4.74 Å². The van der Waals surface area contributed by atoms with Crippen LogP contribution >= 0.6 is 22.7 Å². The van der Waals surface area contributed by atoms with Gasteiger partial charge in [-0.15, -0.1) is 22.7 Å². The van der Waals surface area contributed by atoms with Gasteiger partial charge in [-0.3, -0.25) is 9.59 Å². The quantitative estimate of drug-likeness (QED) is 0.581. The smallest absolute Gasteiger partial charge is 0.281 e. The number of aldehydes is 1. The van der Waals surface area contributed by atoms with Gasteiger partial charge in [0.2, 0.25) is 0 Å². The average molecular weight is 396 g/mol. The highest BCUT2D eigenvalue weighted by molar-refractivity contribution is 7.12. The third-order valence-electron chi connectivity index (χ3n) is 4.22. The van der Waals surface area contributed by atoms with Gasteiger partial charge in [0.05, 0.1) is 16.6 Å². The van der Waals surface area contributed by atoms with Gasteiger partial charge in [0, 0.05) is 16.9 Å². The summed E-state index contributed by atoms with van der Waals surface area (Å²) in [5, 5.41) is 10.2. The maximum absolute atomic E-state index is 12.8. The van der Waals surface area contributed by atoms with E-state index in [0.29, 0.717) is 17.7 Å². The summed E-state index contributed by atoms with van der Waals surface area (Å²) >= 11 is 3.24. The molecule has 0 saturated heterocycles. The number of carbonyl (C=O) groups excluding carboxylic acids is 2. The number of carbonyl (C=O) groups is 2.